The number of carbonyl (C=O) groups is 4. The molecule has 7 rings (SSSR count). The molecular weight excluding hydrogens is 820 g/mol. The zero-order chi connectivity index (χ0) is 43.4. The molecule has 3 aromatic rings. The van der Waals surface area contributed by atoms with Gasteiger partial charge in [0.2, 0.25) is 27.7 Å². The van der Waals surface area contributed by atoms with E-state index in [1.165, 1.54) is 23.0 Å². The van der Waals surface area contributed by atoms with E-state index in [9.17, 15) is 36.4 Å². The Labute approximate surface area is 353 Å². The highest BCUT2D eigenvalue weighted by Crippen LogP contribution is 2.57. The number of benzene rings is 1. The predicted molar refractivity (Wildman–Crippen MR) is 220 cm³/mol. The first-order valence-corrected chi connectivity index (χ1v) is 22.1. The van der Waals surface area contributed by atoms with Crippen LogP contribution in [0.1, 0.15) is 72.1 Å². The summed E-state index contributed by atoms with van der Waals surface area (Å²) < 4.78 is 68.0. The average molecular weight is 870 g/mol. The van der Waals surface area contributed by atoms with Gasteiger partial charge < -0.3 is 19.3 Å². The van der Waals surface area contributed by atoms with Gasteiger partial charge in [-0.3, -0.25) is 28.9 Å². The first-order chi connectivity index (χ1) is 28.3. The van der Waals surface area contributed by atoms with Crippen molar-refractivity contribution in [3.63, 3.8) is 0 Å². The van der Waals surface area contributed by atoms with Gasteiger partial charge in [0.15, 0.2) is 5.78 Å². The number of fused-ring (bicyclic) bond motifs is 1. The van der Waals surface area contributed by atoms with Gasteiger partial charge in [-0.25, -0.2) is 22.2 Å². The van der Waals surface area contributed by atoms with Gasteiger partial charge in [-0.2, -0.15) is 0 Å². The van der Waals surface area contributed by atoms with Crippen LogP contribution in [0.4, 0.5) is 8.78 Å². The summed E-state index contributed by atoms with van der Waals surface area (Å²) in [5.74, 6) is -5.78. The van der Waals surface area contributed by atoms with Gasteiger partial charge in [0.25, 0.3) is 5.92 Å². The predicted octanol–water partition coefficient (Wildman–Crippen LogP) is 6.38. The number of methoxy groups -OCH3 is 1. The molecule has 3 amide bonds. The monoisotopic (exact) mass is 869 g/mol. The molecule has 2 aromatic heterocycles. The van der Waals surface area contributed by atoms with Crippen molar-refractivity contribution < 1.29 is 45.9 Å². The first kappa shape index (κ1) is 43.4. The lowest BCUT2D eigenvalue weighted by atomic mass is 9.77. The smallest absolute Gasteiger partial charge is 0.251 e. The van der Waals surface area contributed by atoms with Crippen LogP contribution in [0, 0.1) is 22.7 Å². The maximum Gasteiger partial charge on any atom is 0.251 e. The molecule has 0 unspecified atom stereocenters. The molecule has 1 N–H and O–H groups in total. The minimum atomic E-state index is -3.92. The number of ketones is 1. The van der Waals surface area contributed by atoms with Crippen molar-refractivity contribution in [2.75, 3.05) is 26.7 Å². The number of sulfonamides is 1. The van der Waals surface area contributed by atoms with Crippen molar-refractivity contribution in [3.8, 4) is 22.9 Å². The number of hydrogen-bond donors (Lipinski definition) is 1. The van der Waals surface area contributed by atoms with Crippen molar-refractivity contribution >= 4 is 56.0 Å². The third kappa shape index (κ3) is 8.86. The van der Waals surface area contributed by atoms with Crippen molar-refractivity contribution in [2.24, 2.45) is 22.7 Å². The maximum absolute atomic E-state index is 14.9. The normalized spacial score (nSPS) is 24.4. The van der Waals surface area contributed by atoms with Crippen LogP contribution in [-0.4, -0.2) is 102 Å². The van der Waals surface area contributed by atoms with E-state index in [1.807, 2.05) is 0 Å². The standard InChI is InChI=1S/C43H50ClF2N5O8S/c1-6-25-22-42(25,40(55)49-60(56,57)27-10-11-27)23-33(52)32-19-26(24-51(32)39(54)29(41(2,3)4)20-36(53)50-17-14-43(45,46)15-18-50)59-35-21-31(30-9-7-8-16-47-30)48-38-28(35)12-13-34(58-5)37(38)44/h6-9,12-13,16,21,25-27,29,32H,1,10-11,14-15,17-20,22-24H2,2-5H3,(H,49,55)/t25-,26-,29-,32+,42-/m1/s1. The Kier molecular flexibility index (Phi) is 11.8. The number of Topliss-reactive ketones (excluding diaryl/α,β-unsaturated/α-hetero) is 1. The van der Waals surface area contributed by atoms with Crippen molar-refractivity contribution in [1.29, 1.82) is 0 Å². The average Bonchev–Trinajstić information content (AvgIpc) is 4.13. The third-order valence-electron chi connectivity index (χ3n) is 12.3. The summed E-state index contributed by atoms with van der Waals surface area (Å²) in [6.07, 6.45) is 1.86. The number of allylic oxidation sites excluding steroid dienone is 1. The molecule has 2 aliphatic heterocycles. The van der Waals surface area contributed by atoms with Crippen LogP contribution in [0.2, 0.25) is 5.02 Å². The van der Waals surface area contributed by atoms with Crippen LogP contribution >= 0.6 is 11.6 Å². The van der Waals surface area contributed by atoms with E-state index >= 15 is 0 Å². The highest BCUT2D eigenvalue weighted by Gasteiger charge is 2.61. The second kappa shape index (κ2) is 16.3. The fourth-order valence-corrected chi connectivity index (χ4v) is 10.0. The van der Waals surface area contributed by atoms with E-state index in [4.69, 9.17) is 26.1 Å². The number of nitrogens with zero attached hydrogens (tertiary/aromatic N) is 4. The van der Waals surface area contributed by atoms with E-state index in [1.54, 1.807) is 63.4 Å². The fourth-order valence-electron chi connectivity index (χ4n) is 8.38. The van der Waals surface area contributed by atoms with Crippen molar-refractivity contribution in [1.82, 2.24) is 24.5 Å². The lowest BCUT2D eigenvalue weighted by Gasteiger charge is -2.37. The topological polar surface area (TPSA) is 165 Å². The summed E-state index contributed by atoms with van der Waals surface area (Å²) in [7, 11) is -2.44. The molecule has 322 valence electrons. The SMILES string of the molecule is C=C[C@@H]1C[C@]1(CC(=O)[C@@H]1C[C@@H](Oc2cc(-c3ccccn3)nc3c(Cl)c(OC)ccc23)CN1C(=O)[C@@H](CC(=O)N1CCC(F)(F)CC1)C(C)(C)C)C(=O)NS(=O)(=O)C1CC1. The summed E-state index contributed by atoms with van der Waals surface area (Å²) in [6.45, 7) is 8.85. The number of hydrogen-bond acceptors (Lipinski definition) is 10. The maximum atomic E-state index is 14.9. The molecule has 1 aromatic carbocycles. The summed E-state index contributed by atoms with van der Waals surface area (Å²) in [6, 6.07) is 9.33. The van der Waals surface area contributed by atoms with E-state index in [0.717, 1.165) is 0 Å². The zero-order valence-corrected chi connectivity index (χ0v) is 35.7. The second-order valence-corrected chi connectivity index (χ2v) is 19.9. The number of nitrogens with one attached hydrogen (secondary N) is 1. The molecule has 13 nitrogen and oxygen atoms in total. The fraction of sp³-hybridized carbons (Fsp3) is 0.535. The number of likely N-dealkylation sites (tertiary alicyclic amines) is 2. The number of piperidine rings is 1. The quantitative estimate of drug-likeness (QED) is 0.180. The highest BCUT2D eigenvalue weighted by atomic mass is 35.5. The van der Waals surface area contributed by atoms with E-state index in [2.05, 4.69) is 16.3 Å². The van der Waals surface area contributed by atoms with E-state index in [-0.39, 0.29) is 50.3 Å². The van der Waals surface area contributed by atoms with Crippen LogP contribution in [0.15, 0.2) is 55.3 Å². The Balaban J connectivity index is 1.22. The van der Waals surface area contributed by atoms with E-state index in [0.29, 0.717) is 46.6 Å². The molecule has 5 atom stereocenters. The van der Waals surface area contributed by atoms with Gasteiger partial charge in [0.1, 0.15) is 22.6 Å². The Bertz CT molecular complexity index is 2310. The first-order valence-electron chi connectivity index (χ1n) is 20.2. The van der Waals surface area contributed by atoms with Crippen molar-refractivity contribution in [2.45, 2.75) is 95.5 Å². The molecule has 0 spiro atoms. The van der Waals surface area contributed by atoms with Crippen LogP contribution in [0.25, 0.3) is 22.3 Å². The summed E-state index contributed by atoms with van der Waals surface area (Å²) >= 11 is 6.78. The zero-order valence-electron chi connectivity index (χ0n) is 34.1. The van der Waals surface area contributed by atoms with Gasteiger partial charge in [0.05, 0.1) is 53.2 Å². The Morgan fingerprint density at radius 2 is 1.80 bits per heavy atom. The van der Waals surface area contributed by atoms with Gasteiger partial charge in [0, 0.05) is 62.8 Å². The number of halogens is 3. The summed E-state index contributed by atoms with van der Waals surface area (Å²) in [5, 5.41) is 0.100. The Morgan fingerprint density at radius 3 is 2.40 bits per heavy atom. The molecule has 4 heterocycles. The Hall–Kier alpha value is -4.70. The number of rotatable bonds is 14. The molecular formula is C43H50ClF2N5O8S. The lowest BCUT2D eigenvalue weighted by Crippen LogP contribution is -2.50. The van der Waals surface area contributed by atoms with Gasteiger partial charge in [-0.1, -0.05) is 44.5 Å². The molecule has 60 heavy (non-hydrogen) atoms. The number of ether oxygens (including phenoxy) is 2. The van der Waals surface area contributed by atoms with Crippen LogP contribution < -0.4 is 14.2 Å². The largest absolute Gasteiger partial charge is 0.495 e. The molecule has 17 heteroatoms. The molecule has 2 saturated carbocycles. The van der Waals surface area contributed by atoms with Gasteiger partial charge >= 0.3 is 0 Å². The molecule has 4 fully saturated rings. The lowest BCUT2D eigenvalue weighted by molar-refractivity contribution is -0.150. The van der Waals surface area contributed by atoms with Crippen molar-refractivity contribution in [3.05, 3.63) is 60.3 Å². The molecule has 0 bridgehead atoms. The minimum absolute atomic E-state index is 0.0000410. The van der Waals surface area contributed by atoms with Gasteiger partial charge in [-0.15, -0.1) is 6.58 Å². The molecule has 2 aliphatic carbocycles. The number of carbonyl (C=O) groups excluding carboxylic acids is 4. The Morgan fingerprint density at radius 1 is 1.08 bits per heavy atom. The van der Waals surface area contributed by atoms with Crippen LogP contribution in [0.5, 0.6) is 11.5 Å². The third-order valence-corrected chi connectivity index (χ3v) is 14.5. The molecule has 0 radical (unpaired) electrons. The number of alkyl halides is 2. The number of amides is 3. The number of pyridine rings is 2. The van der Waals surface area contributed by atoms with E-state index < -0.39 is 92.4 Å². The van der Waals surface area contributed by atoms with Crippen LogP contribution in [0.3, 0.4) is 0 Å². The highest BCUT2D eigenvalue weighted by molar-refractivity contribution is 7.90. The molecule has 4 aliphatic rings. The molecule has 2 saturated heterocycles. The van der Waals surface area contributed by atoms with Crippen LogP contribution in [-0.2, 0) is 29.2 Å². The number of aromatic nitrogens is 2. The second-order valence-electron chi connectivity index (χ2n) is 17.6. The summed E-state index contributed by atoms with van der Waals surface area (Å²) in [4.78, 5) is 68.9. The summed E-state index contributed by atoms with van der Waals surface area (Å²) in [5.41, 5.74) is -0.849. The van der Waals surface area contributed by atoms with Gasteiger partial charge in [-0.05, 0) is 54.9 Å². The minimum Gasteiger partial charge on any atom is -0.495 e.